The van der Waals surface area contributed by atoms with Crippen LogP contribution in [0.2, 0.25) is 0 Å². The average molecular weight is 233 g/mol. The van der Waals surface area contributed by atoms with Gasteiger partial charge in [-0.3, -0.25) is 4.79 Å². The van der Waals surface area contributed by atoms with Gasteiger partial charge in [-0.05, 0) is 6.07 Å². The summed E-state index contributed by atoms with van der Waals surface area (Å²) in [5.41, 5.74) is 4.78. The molecule has 1 amide bonds. The quantitative estimate of drug-likeness (QED) is 0.584. The van der Waals surface area contributed by atoms with E-state index in [4.69, 9.17) is 5.73 Å². The molecule has 1 aromatic rings. The Morgan fingerprint density at radius 2 is 1.92 bits per heavy atom. The molecule has 8 heteroatoms. The van der Waals surface area contributed by atoms with Crippen LogP contribution < -0.4 is 61.9 Å². The SMILES string of the molecule is NC(=O)c1ccc([B-](F)(F)F)s1.[K+]. The van der Waals surface area contributed by atoms with Crippen LogP contribution in [0.4, 0.5) is 12.9 Å². The molecular formula is C5H4BF3KNOS. The van der Waals surface area contributed by atoms with Gasteiger partial charge in [-0.25, -0.2) is 0 Å². The monoisotopic (exact) mass is 233 g/mol. The van der Waals surface area contributed by atoms with Crippen LogP contribution in [-0.2, 0) is 0 Å². The summed E-state index contributed by atoms with van der Waals surface area (Å²) in [6.45, 7) is -5.00. The molecule has 0 atom stereocenters. The summed E-state index contributed by atoms with van der Waals surface area (Å²) < 4.78 is 35.2. The van der Waals surface area contributed by atoms with Gasteiger partial charge in [0.05, 0.1) is 4.88 Å². The Morgan fingerprint density at radius 1 is 1.38 bits per heavy atom. The first kappa shape index (κ1) is 13.7. The maximum atomic E-state index is 12.0. The number of hydrogen-bond acceptors (Lipinski definition) is 2. The number of hydrogen-bond donors (Lipinski definition) is 1. The van der Waals surface area contributed by atoms with Crippen LogP contribution in [0.1, 0.15) is 9.67 Å². The largest absolute Gasteiger partial charge is 1.00 e. The molecule has 0 unspecified atom stereocenters. The second kappa shape index (κ2) is 4.94. The zero-order chi connectivity index (χ0) is 9.35. The van der Waals surface area contributed by atoms with Crippen molar-refractivity contribution in [2.45, 2.75) is 0 Å². The van der Waals surface area contributed by atoms with Gasteiger partial charge in [-0.1, -0.05) is 10.8 Å². The number of thiophene rings is 1. The van der Waals surface area contributed by atoms with Crippen molar-refractivity contribution in [3.05, 3.63) is 17.0 Å². The summed E-state index contributed by atoms with van der Waals surface area (Å²) in [5, 5.41) is 0. The van der Waals surface area contributed by atoms with Crippen molar-refractivity contribution in [1.82, 2.24) is 0 Å². The van der Waals surface area contributed by atoms with E-state index in [2.05, 4.69) is 0 Å². The van der Waals surface area contributed by atoms with Crippen molar-refractivity contribution in [3.63, 3.8) is 0 Å². The van der Waals surface area contributed by atoms with Gasteiger partial charge in [0, 0.05) is 0 Å². The summed E-state index contributed by atoms with van der Waals surface area (Å²) >= 11 is 0.376. The zero-order valence-corrected chi connectivity index (χ0v) is 10.7. The van der Waals surface area contributed by atoms with Crippen molar-refractivity contribution >= 4 is 29.0 Å². The van der Waals surface area contributed by atoms with Crippen LogP contribution in [-0.4, -0.2) is 12.9 Å². The van der Waals surface area contributed by atoms with E-state index >= 15 is 0 Å². The van der Waals surface area contributed by atoms with Gasteiger partial charge >= 0.3 is 58.4 Å². The maximum Gasteiger partial charge on any atom is 1.00 e. The molecule has 2 nitrogen and oxygen atoms in total. The molecule has 13 heavy (non-hydrogen) atoms. The number of carbonyl (C=O) groups excluding carboxylic acids is 1. The Bertz CT molecular complexity index is 313. The molecule has 0 aromatic carbocycles. The molecule has 0 spiro atoms. The third-order valence-electron chi connectivity index (χ3n) is 1.19. The second-order valence-electron chi connectivity index (χ2n) is 2.14. The molecule has 0 aliphatic rings. The van der Waals surface area contributed by atoms with E-state index in [-0.39, 0.29) is 56.3 Å². The number of amides is 1. The maximum absolute atomic E-state index is 12.0. The first-order valence-corrected chi connectivity index (χ1v) is 3.82. The number of primary amides is 1. The van der Waals surface area contributed by atoms with Gasteiger partial charge < -0.3 is 18.7 Å². The van der Waals surface area contributed by atoms with Crippen LogP contribution in [0.5, 0.6) is 0 Å². The van der Waals surface area contributed by atoms with Crippen molar-refractivity contribution in [2.24, 2.45) is 5.73 Å². The summed E-state index contributed by atoms with van der Waals surface area (Å²) in [6, 6.07) is 1.95. The Hall–Kier alpha value is 0.661. The predicted molar refractivity (Wildman–Crippen MR) is 41.5 cm³/mol. The van der Waals surface area contributed by atoms with E-state index in [1.807, 2.05) is 0 Å². The molecule has 0 saturated carbocycles. The molecule has 66 valence electrons. The van der Waals surface area contributed by atoms with Crippen LogP contribution >= 0.6 is 11.3 Å². The number of nitrogens with two attached hydrogens (primary N) is 1. The molecule has 1 aromatic heterocycles. The van der Waals surface area contributed by atoms with Crippen molar-refractivity contribution in [1.29, 1.82) is 0 Å². The van der Waals surface area contributed by atoms with E-state index in [0.717, 1.165) is 12.1 Å². The summed E-state index contributed by atoms with van der Waals surface area (Å²) in [4.78, 5) is 10.3. The third kappa shape index (κ3) is 3.72. The summed E-state index contributed by atoms with van der Waals surface area (Å²) in [7, 11) is 0. The molecule has 2 N–H and O–H groups in total. The predicted octanol–water partition coefficient (Wildman–Crippen LogP) is -2.09. The molecule has 0 aliphatic carbocycles. The fourth-order valence-electron chi connectivity index (χ4n) is 0.661. The second-order valence-corrected chi connectivity index (χ2v) is 3.26. The van der Waals surface area contributed by atoms with Gasteiger partial charge in [0.2, 0.25) is 0 Å². The summed E-state index contributed by atoms with van der Waals surface area (Å²) in [5.74, 6) is -0.827. The van der Waals surface area contributed by atoms with Crippen LogP contribution in [0.3, 0.4) is 0 Å². The zero-order valence-electron chi connectivity index (χ0n) is 6.76. The number of carbonyl (C=O) groups is 1. The fourth-order valence-corrected chi connectivity index (χ4v) is 1.42. The number of halogens is 3. The standard InChI is InChI=1S/C5H4BF3NOS.K/c7-6(8,9)4-2-1-3(12-4)5(10)11;/h1-2H,(H2,10,11);/q-1;+1. The topological polar surface area (TPSA) is 43.1 Å². The minimum absolute atomic E-state index is 0. The van der Waals surface area contributed by atoms with Gasteiger partial charge in [0.15, 0.2) is 0 Å². The molecule has 1 heterocycles. The average Bonchev–Trinajstić information content (AvgIpc) is 2.30. The summed E-state index contributed by atoms with van der Waals surface area (Å²) in [6.07, 6.45) is 0. The first-order chi connectivity index (χ1) is 5.41. The first-order valence-electron chi connectivity index (χ1n) is 3.01. The molecular weight excluding hydrogens is 229 g/mol. The van der Waals surface area contributed by atoms with E-state index in [1.54, 1.807) is 0 Å². The molecule has 0 aliphatic heterocycles. The molecule has 1 rings (SSSR count). The van der Waals surface area contributed by atoms with E-state index in [9.17, 15) is 17.7 Å². The van der Waals surface area contributed by atoms with Crippen LogP contribution in [0.15, 0.2) is 12.1 Å². The number of rotatable bonds is 2. The van der Waals surface area contributed by atoms with Crippen LogP contribution in [0, 0.1) is 0 Å². The minimum atomic E-state index is -5.00. The van der Waals surface area contributed by atoms with Gasteiger partial charge in [-0.2, -0.15) is 11.3 Å². The van der Waals surface area contributed by atoms with Crippen molar-refractivity contribution in [3.8, 4) is 0 Å². The Balaban J connectivity index is 0.00000144. The normalized spacial score (nSPS) is 10.7. The van der Waals surface area contributed by atoms with Gasteiger partial charge in [0.25, 0.3) is 5.91 Å². The molecule has 0 radical (unpaired) electrons. The van der Waals surface area contributed by atoms with Crippen molar-refractivity contribution < 1.29 is 69.1 Å². The minimum Gasteiger partial charge on any atom is -0.444 e. The van der Waals surface area contributed by atoms with Crippen molar-refractivity contribution in [2.75, 3.05) is 0 Å². The van der Waals surface area contributed by atoms with E-state index in [1.165, 1.54) is 0 Å². The molecule has 0 bridgehead atoms. The Kier molecular flexibility index (Phi) is 5.20. The van der Waals surface area contributed by atoms with E-state index < -0.39 is 17.7 Å². The van der Waals surface area contributed by atoms with Gasteiger partial charge in [-0.15, -0.1) is 0 Å². The van der Waals surface area contributed by atoms with E-state index in [0.29, 0.717) is 11.3 Å². The van der Waals surface area contributed by atoms with Crippen LogP contribution in [0.25, 0.3) is 0 Å². The molecule has 0 saturated heterocycles. The Labute approximate surface area is 119 Å². The fraction of sp³-hybridized carbons (Fsp3) is 0. The Morgan fingerprint density at radius 3 is 2.15 bits per heavy atom. The smallest absolute Gasteiger partial charge is 0.444 e. The van der Waals surface area contributed by atoms with Gasteiger partial charge in [0.1, 0.15) is 0 Å². The molecule has 0 fully saturated rings. The third-order valence-corrected chi connectivity index (χ3v) is 2.39.